The van der Waals surface area contributed by atoms with Crippen LogP contribution in [0.5, 0.6) is 5.75 Å². The largest absolute Gasteiger partial charge is 0.497 e. The molecule has 0 atom stereocenters. The van der Waals surface area contributed by atoms with Crippen molar-refractivity contribution in [1.82, 2.24) is 24.3 Å². The van der Waals surface area contributed by atoms with E-state index < -0.39 is 0 Å². The summed E-state index contributed by atoms with van der Waals surface area (Å²) < 4.78 is 7.61. The molecule has 29 heavy (non-hydrogen) atoms. The molecule has 3 heterocycles. The molecule has 154 valence electrons. The zero-order valence-electron chi connectivity index (χ0n) is 17.6. The number of methoxy groups -OCH3 is 1. The van der Waals surface area contributed by atoms with Crippen LogP contribution < -0.4 is 4.74 Å². The van der Waals surface area contributed by atoms with E-state index in [4.69, 9.17) is 4.74 Å². The van der Waals surface area contributed by atoms with E-state index in [0.717, 1.165) is 59.7 Å². The third-order valence-electron chi connectivity index (χ3n) is 5.67. The van der Waals surface area contributed by atoms with Crippen LogP contribution in [-0.4, -0.2) is 70.2 Å². The zero-order chi connectivity index (χ0) is 20.4. The molecular weight excluding hydrogens is 382 g/mol. The molecule has 1 fully saturated rings. The molecule has 0 saturated carbocycles. The second-order valence-corrected chi connectivity index (χ2v) is 9.27. The number of thiazole rings is 1. The lowest BCUT2D eigenvalue weighted by Crippen LogP contribution is -2.55. The Balaban J connectivity index is 1.54. The third kappa shape index (κ3) is 4.37. The highest BCUT2D eigenvalue weighted by atomic mass is 32.1. The van der Waals surface area contributed by atoms with Gasteiger partial charge in [-0.25, -0.2) is 9.97 Å². The van der Waals surface area contributed by atoms with Crippen molar-refractivity contribution in [3.8, 4) is 27.0 Å². The average Bonchev–Trinajstić information content (AvgIpc) is 3.37. The molecule has 6 nitrogen and oxygen atoms in total. The van der Waals surface area contributed by atoms with Crippen LogP contribution in [-0.2, 0) is 6.54 Å². The van der Waals surface area contributed by atoms with Crippen LogP contribution in [0.1, 0.15) is 13.8 Å². The molecule has 0 radical (unpaired) electrons. The number of aromatic nitrogens is 3. The van der Waals surface area contributed by atoms with Crippen molar-refractivity contribution in [2.45, 2.75) is 25.9 Å². The van der Waals surface area contributed by atoms with Gasteiger partial charge in [0.2, 0.25) is 0 Å². The van der Waals surface area contributed by atoms with Gasteiger partial charge in [-0.3, -0.25) is 4.90 Å². The monoisotopic (exact) mass is 411 g/mol. The molecule has 1 aliphatic heterocycles. The van der Waals surface area contributed by atoms with E-state index in [1.54, 1.807) is 18.4 Å². The number of likely N-dealkylation sites (N-methyl/N-ethyl adjacent to an activating group) is 1. The first-order valence-corrected chi connectivity index (χ1v) is 10.8. The van der Waals surface area contributed by atoms with Crippen LogP contribution in [0.3, 0.4) is 0 Å². The topological polar surface area (TPSA) is 46.4 Å². The quantitative estimate of drug-likeness (QED) is 0.619. The van der Waals surface area contributed by atoms with Crippen molar-refractivity contribution in [1.29, 1.82) is 0 Å². The molecule has 3 aromatic rings. The predicted molar refractivity (Wildman–Crippen MR) is 118 cm³/mol. The highest BCUT2D eigenvalue weighted by Gasteiger charge is 2.30. The van der Waals surface area contributed by atoms with Crippen LogP contribution in [0.4, 0.5) is 0 Å². The summed E-state index contributed by atoms with van der Waals surface area (Å²) in [5.41, 5.74) is 1.13. The minimum Gasteiger partial charge on any atom is -0.497 e. The maximum Gasteiger partial charge on any atom is 0.151 e. The van der Waals surface area contributed by atoms with Crippen molar-refractivity contribution >= 4 is 11.3 Å². The van der Waals surface area contributed by atoms with Crippen molar-refractivity contribution in [2.24, 2.45) is 0 Å². The lowest BCUT2D eigenvalue weighted by molar-refractivity contribution is 0.0515. The maximum atomic E-state index is 5.35. The number of hydrogen-bond acceptors (Lipinski definition) is 6. The fraction of sp³-hybridized carbons (Fsp3) is 0.455. The minimum absolute atomic E-state index is 0.0665. The lowest BCUT2D eigenvalue weighted by Gasteiger charge is -2.43. The summed E-state index contributed by atoms with van der Waals surface area (Å²) >= 11 is 1.67. The molecule has 0 unspecified atom stereocenters. The standard InChI is InChI=1S/C22H29N5OS/c1-22(2,27-12-10-25(3)11-13-27)16-26-9-8-23-20(26)19-15-24-21(29-19)17-6-5-7-18(14-17)28-4/h5-9,14-15H,10-13,16H2,1-4H3. The number of imidazole rings is 1. The summed E-state index contributed by atoms with van der Waals surface area (Å²) in [6, 6.07) is 8.03. The van der Waals surface area contributed by atoms with Gasteiger partial charge in [-0.15, -0.1) is 11.3 Å². The Morgan fingerprint density at radius 3 is 2.69 bits per heavy atom. The Morgan fingerprint density at radius 2 is 1.93 bits per heavy atom. The first-order chi connectivity index (χ1) is 14.0. The summed E-state index contributed by atoms with van der Waals surface area (Å²) in [7, 11) is 3.88. The van der Waals surface area contributed by atoms with E-state index in [2.05, 4.69) is 57.5 Å². The fourth-order valence-corrected chi connectivity index (χ4v) is 4.78. The molecule has 7 heteroatoms. The molecule has 0 amide bonds. The normalized spacial score (nSPS) is 16.3. The van der Waals surface area contributed by atoms with Crippen molar-refractivity contribution in [3.05, 3.63) is 42.9 Å². The van der Waals surface area contributed by atoms with Gasteiger partial charge in [0, 0.05) is 62.4 Å². The number of rotatable bonds is 6. The number of nitrogens with zero attached hydrogens (tertiary/aromatic N) is 5. The molecule has 2 aromatic heterocycles. The van der Waals surface area contributed by atoms with E-state index >= 15 is 0 Å². The van der Waals surface area contributed by atoms with Crippen molar-refractivity contribution in [2.75, 3.05) is 40.3 Å². The van der Waals surface area contributed by atoms with Gasteiger partial charge < -0.3 is 14.2 Å². The van der Waals surface area contributed by atoms with Crippen LogP contribution in [0.2, 0.25) is 0 Å². The van der Waals surface area contributed by atoms with Gasteiger partial charge in [0.1, 0.15) is 10.8 Å². The van der Waals surface area contributed by atoms with Crippen molar-refractivity contribution < 1.29 is 4.74 Å². The van der Waals surface area contributed by atoms with Gasteiger partial charge in [0.25, 0.3) is 0 Å². The van der Waals surface area contributed by atoms with Gasteiger partial charge >= 0.3 is 0 Å². The molecule has 0 aliphatic carbocycles. The minimum atomic E-state index is 0.0665. The third-order valence-corrected chi connectivity index (χ3v) is 6.72. The van der Waals surface area contributed by atoms with E-state index in [0.29, 0.717) is 0 Å². The van der Waals surface area contributed by atoms with Gasteiger partial charge in [-0.1, -0.05) is 12.1 Å². The molecule has 0 N–H and O–H groups in total. The van der Waals surface area contributed by atoms with Gasteiger partial charge in [-0.05, 0) is 33.0 Å². The SMILES string of the molecule is COc1cccc(-c2ncc(-c3nccn3CC(C)(C)N3CCN(C)CC3)s2)c1. The smallest absolute Gasteiger partial charge is 0.151 e. The second kappa shape index (κ2) is 8.26. The van der Waals surface area contributed by atoms with Crippen LogP contribution >= 0.6 is 11.3 Å². The van der Waals surface area contributed by atoms with Gasteiger partial charge in [-0.2, -0.15) is 0 Å². The Hall–Kier alpha value is -2.22. The van der Waals surface area contributed by atoms with Crippen molar-refractivity contribution in [3.63, 3.8) is 0 Å². The molecule has 1 aliphatic rings. The number of benzene rings is 1. The first-order valence-electron chi connectivity index (χ1n) is 10.0. The maximum absolute atomic E-state index is 5.35. The average molecular weight is 412 g/mol. The van der Waals surface area contributed by atoms with Crippen LogP contribution in [0.25, 0.3) is 21.3 Å². The Kier molecular flexibility index (Phi) is 5.72. The number of ether oxygens (including phenoxy) is 1. The predicted octanol–water partition coefficient (Wildman–Crippen LogP) is 3.71. The summed E-state index contributed by atoms with van der Waals surface area (Å²) in [5.74, 6) is 1.83. The molecule has 0 spiro atoms. The highest BCUT2D eigenvalue weighted by molar-refractivity contribution is 7.18. The summed E-state index contributed by atoms with van der Waals surface area (Å²) in [6.07, 6.45) is 5.90. The number of piperazine rings is 1. The Bertz CT molecular complexity index is 956. The first kappa shape index (κ1) is 20.1. The second-order valence-electron chi connectivity index (χ2n) is 8.24. The van der Waals surface area contributed by atoms with E-state index in [1.165, 1.54) is 0 Å². The summed E-state index contributed by atoms with van der Waals surface area (Å²) in [5, 5.41) is 0.978. The zero-order valence-corrected chi connectivity index (χ0v) is 18.4. The Morgan fingerprint density at radius 1 is 1.14 bits per heavy atom. The molecule has 0 bridgehead atoms. The fourth-order valence-electron chi connectivity index (χ4n) is 3.86. The van der Waals surface area contributed by atoms with Crippen LogP contribution in [0, 0.1) is 0 Å². The van der Waals surface area contributed by atoms with E-state index in [1.807, 2.05) is 30.6 Å². The van der Waals surface area contributed by atoms with Crippen LogP contribution in [0.15, 0.2) is 42.9 Å². The molecular formula is C22H29N5OS. The van der Waals surface area contributed by atoms with Gasteiger partial charge in [0.05, 0.1) is 12.0 Å². The molecule has 4 rings (SSSR count). The van der Waals surface area contributed by atoms with E-state index in [-0.39, 0.29) is 5.54 Å². The van der Waals surface area contributed by atoms with Gasteiger partial charge in [0.15, 0.2) is 5.82 Å². The number of hydrogen-bond donors (Lipinski definition) is 0. The molecule has 1 saturated heterocycles. The summed E-state index contributed by atoms with van der Waals surface area (Å²) in [6.45, 7) is 10.0. The molecule has 1 aromatic carbocycles. The van der Waals surface area contributed by atoms with E-state index in [9.17, 15) is 0 Å². The Labute approximate surface area is 176 Å². The highest BCUT2D eigenvalue weighted by Crippen LogP contribution is 2.33. The lowest BCUT2D eigenvalue weighted by atomic mass is 10.0. The summed E-state index contributed by atoms with van der Waals surface area (Å²) in [4.78, 5) is 15.4.